The molecule has 1 heterocycles. The second-order valence-corrected chi connectivity index (χ2v) is 6.15. The van der Waals surface area contributed by atoms with E-state index in [-0.39, 0.29) is 12.5 Å². The van der Waals surface area contributed by atoms with Crippen molar-refractivity contribution in [3.05, 3.63) is 38.3 Å². The number of nitrogens with zero attached hydrogens (tertiary/aromatic N) is 2. The molecule has 1 aliphatic carbocycles. The molecule has 0 aromatic carbocycles. The van der Waals surface area contributed by atoms with Crippen molar-refractivity contribution in [2.45, 2.75) is 51.7 Å². The van der Waals surface area contributed by atoms with Crippen LogP contribution in [0.15, 0.2) is 16.9 Å². The van der Waals surface area contributed by atoms with Crippen LogP contribution in [0.25, 0.3) is 0 Å². The second kappa shape index (κ2) is 5.31. The summed E-state index contributed by atoms with van der Waals surface area (Å²) >= 11 is 0. The van der Waals surface area contributed by atoms with Gasteiger partial charge in [0.15, 0.2) is 0 Å². The van der Waals surface area contributed by atoms with Crippen LogP contribution in [-0.2, 0) is 16.1 Å². The van der Waals surface area contributed by atoms with Crippen LogP contribution in [0.1, 0.15) is 45.2 Å². The lowest BCUT2D eigenvalue weighted by molar-refractivity contribution is -0.386. The van der Waals surface area contributed by atoms with Gasteiger partial charge in [-0.15, -0.1) is 0 Å². The molecule has 0 saturated heterocycles. The number of carbonyl (C=O) groups excluding carboxylic acids is 1. The van der Waals surface area contributed by atoms with Gasteiger partial charge < -0.3 is 4.74 Å². The number of hydrogen-bond acceptors (Lipinski definition) is 5. The molecule has 1 aliphatic rings. The number of hydrogen-bond donors (Lipinski definition) is 0. The molecule has 0 bridgehead atoms. The zero-order chi connectivity index (χ0) is 15.8. The minimum absolute atomic E-state index is 0.195. The quantitative estimate of drug-likeness (QED) is 0.481. The van der Waals surface area contributed by atoms with Gasteiger partial charge >= 0.3 is 17.2 Å². The van der Waals surface area contributed by atoms with Crippen LogP contribution in [0.5, 0.6) is 0 Å². The summed E-state index contributed by atoms with van der Waals surface area (Å²) in [6.07, 6.45) is 1.84. The molecule has 1 aromatic rings. The third-order valence-corrected chi connectivity index (χ3v) is 3.09. The first-order chi connectivity index (χ1) is 9.69. The lowest BCUT2D eigenvalue weighted by atomic mass is 10.2. The zero-order valence-corrected chi connectivity index (χ0v) is 12.3. The SMILES string of the molecule is CC(C)(C)OC(=O)Cn1c(C2CC2)ccc([N+](=O)[O-])c1=O. The third-order valence-electron chi connectivity index (χ3n) is 3.09. The van der Waals surface area contributed by atoms with Gasteiger partial charge in [-0.1, -0.05) is 0 Å². The Morgan fingerprint density at radius 2 is 2.05 bits per heavy atom. The molecule has 1 saturated carbocycles. The maximum Gasteiger partial charge on any atom is 0.334 e. The van der Waals surface area contributed by atoms with Crippen molar-refractivity contribution < 1.29 is 14.5 Å². The maximum absolute atomic E-state index is 12.2. The smallest absolute Gasteiger partial charge is 0.334 e. The molecule has 1 fully saturated rings. The predicted molar refractivity (Wildman–Crippen MR) is 75.2 cm³/mol. The van der Waals surface area contributed by atoms with E-state index in [1.165, 1.54) is 10.6 Å². The summed E-state index contributed by atoms with van der Waals surface area (Å²) in [6.45, 7) is 4.87. The van der Waals surface area contributed by atoms with Crippen LogP contribution in [0.4, 0.5) is 5.69 Å². The van der Waals surface area contributed by atoms with Crippen LogP contribution in [-0.4, -0.2) is 21.1 Å². The first kappa shape index (κ1) is 15.2. The fraction of sp³-hybridized carbons (Fsp3) is 0.571. The van der Waals surface area contributed by atoms with E-state index in [0.717, 1.165) is 12.8 Å². The second-order valence-electron chi connectivity index (χ2n) is 6.15. The first-order valence-electron chi connectivity index (χ1n) is 6.79. The normalized spacial score (nSPS) is 14.8. The van der Waals surface area contributed by atoms with Crippen LogP contribution in [0.3, 0.4) is 0 Å². The molecule has 7 heteroatoms. The Bertz CT molecular complexity index is 638. The number of pyridine rings is 1. The Morgan fingerprint density at radius 1 is 1.43 bits per heavy atom. The van der Waals surface area contributed by atoms with Crippen molar-refractivity contribution in [1.82, 2.24) is 4.57 Å². The van der Waals surface area contributed by atoms with Crippen LogP contribution in [0, 0.1) is 10.1 Å². The summed E-state index contributed by atoms with van der Waals surface area (Å²) in [5.74, 6) is -0.382. The minimum atomic E-state index is -0.754. The molecule has 0 N–H and O–H groups in total. The Hall–Kier alpha value is -2.18. The van der Waals surface area contributed by atoms with Gasteiger partial charge in [0.1, 0.15) is 12.1 Å². The lowest BCUT2D eigenvalue weighted by Gasteiger charge is -2.20. The van der Waals surface area contributed by atoms with Gasteiger partial charge in [0.25, 0.3) is 0 Å². The van der Waals surface area contributed by atoms with Crippen molar-refractivity contribution in [1.29, 1.82) is 0 Å². The van der Waals surface area contributed by atoms with E-state index in [1.54, 1.807) is 26.8 Å². The number of aromatic nitrogens is 1. The molecule has 1 aromatic heterocycles. The summed E-state index contributed by atoms with van der Waals surface area (Å²) < 4.78 is 6.35. The van der Waals surface area contributed by atoms with E-state index in [2.05, 4.69) is 0 Å². The highest BCUT2D eigenvalue weighted by molar-refractivity contribution is 5.70. The monoisotopic (exact) mass is 294 g/mol. The highest BCUT2D eigenvalue weighted by Gasteiger charge is 2.30. The number of nitro groups is 1. The van der Waals surface area contributed by atoms with E-state index < -0.39 is 27.7 Å². The molecule has 0 amide bonds. The van der Waals surface area contributed by atoms with Crippen molar-refractivity contribution in [2.24, 2.45) is 0 Å². The molecule has 0 radical (unpaired) electrons. The van der Waals surface area contributed by atoms with Gasteiger partial charge in [-0.2, -0.15) is 0 Å². The number of ether oxygens (including phenoxy) is 1. The molecule has 114 valence electrons. The highest BCUT2D eigenvalue weighted by atomic mass is 16.6. The topological polar surface area (TPSA) is 91.4 Å². The van der Waals surface area contributed by atoms with Gasteiger partial charge in [0.05, 0.1) is 4.92 Å². The molecular formula is C14H18N2O5. The number of carbonyl (C=O) groups is 1. The van der Waals surface area contributed by atoms with Gasteiger partial charge in [-0.05, 0) is 45.6 Å². The van der Waals surface area contributed by atoms with Crippen LogP contribution in [0.2, 0.25) is 0 Å². The van der Waals surface area contributed by atoms with Gasteiger partial charge in [0.2, 0.25) is 0 Å². The summed E-state index contributed by atoms with van der Waals surface area (Å²) in [7, 11) is 0. The average Bonchev–Trinajstić information content (AvgIpc) is 3.12. The van der Waals surface area contributed by atoms with Gasteiger partial charge in [-0.25, -0.2) is 0 Å². The highest BCUT2D eigenvalue weighted by Crippen LogP contribution is 2.39. The van der Waals surface area contributed by atoms with E-state index in [0.29, 0.717) is 5.69 Å². The summed E-state index contributed by atoms with van der Waals surface area (Å²) in [5.41, 5.74) is -1.28. The zero-order valence-electron chi connectivity index (χ0n) is 12.3. The average molecular weight is 294 g/mol. The van der Waals surface area contributed by atoms with Crippen molar-refractivity contribution >= 4 is 11.7 Å². The molecule has 2 rings (SSSR count). The molecule has 0 aliphatic heterocycles. The largest absolute Gasteiger partial charge is 0.459 e. The van der Waals surface area contributed by atoms with E-state index in [9.17, 15) is 19.7 Å². The van der Waals surface area contributed by atoms with E-state index in [1.807, 2.05) is 0 Å². The Kier molecular flexibility index (Phi) is 3.85. The Morgan fingerprint density at radius 3 is 2.52 bits per heavy atom. The fourth-order valence-electron chi connectivity index (χ4n) is 2.12. The number of esters is 1. The molecular weight excluding hydrogens is 276 g/mol. The first-order valence-corrected chi connectivity index (χ1v) is 6.79. The van der Waals surface area contributed by atoms with Crippen molar-refractivity contribution in [3.63, 3.8) is 0 Å². The lowest BCUT2D eigenvalue weighted by Crippen LogP contribution is -2.32. The molecule has 0 unspecified atom stereocenters. The van der Waals surface area contributed by atoms with Crippen molar-refractivity contribution in [3.8, 4) is 0 Å². The van der Waals surface area contributed by atoms with Gasteiger partial charge in [-0.3, -0.25) is 24.3 Å². The van der Waals surface area contributed by atoms with Crippen LogP contribution >= 0.6 is 0 Å². The molecule has 0 spiro atoms. The summed E-state index contributed by atoms with van der Waals surface area (Å²) in [6, 6.07) is 2.77. The van der Waals surface area contributed by atoms with E-state index in [4.69, 9.17) is 4.74 Å². The maximum atomic E-state index is 12.2. The molecule has 7 nitrogen and oxygen atoms in total. The number of rotatable bonds is 4. The fourth-order valence-corrected chi connectivity index (χ4v) is 2.12. The Balaban J connectivity index is 2.36. The summed E-state index contributed by atoms with van der Waals surface area (Å²) in [4.78, 5) is 34.2. The van der Waals surface area contributed by atoms with Gasteiger partial charge in [0, 0.05) is 11.8 Å². The molecule has 0 atom stereocenters. The van der Waals surface area contributed by atoms with Crippen molar-refractivity contribution in [2.75, 3.05) is 0 Å². The molecule has 21 heavy (non-hydrogen) atoms. The Labute approximate surface area is 121 Å². The third kappa shape index (κ3) is 3.68. The predicted octanol–water partition coefficient (Wildman–Crippen LogP) is 1.98. The minimum Gasteiger partial charge on any atom is -0.459 e. The summed E-state index contributed by atoms with van der Waals surface area (Å²) in [5, 5.41) is 10.9. The van der Waals surface area contributed by atoms with E-state index >= 15 is 0 Å². The standard InChI is InChI=1S/C14H18N2O5/c1-14(2,3)21-12(17)8-15-10(9-4-5-9)6-7-11(13(15)18)16(19)20/h6-7,9H,4-5,8H2,1-3H3. The van der Waals surface area contributed by atoms with Crippen LogP contribution < -0.4 is 5.56 Å².